The maximum absolute atomic E-state index is 13.8. The van der Waals surface area contributed by atoms with Gasteiger partial charge in [0, 0.05) is 19.2 Å². The first kappa shape index (κ1) is 25.6. The molecule has 3 aromatic rings. The summed E-state index contributed by atoms with van der Waals surface area (Å²) in [6, 6.07) is 10.0. The summed E-state index contributed by atoms with van der Waals surface area (Å²) in [6.07, 6.45) is 0.869. The van der Waals surface area contributed by atoms with Crippen molar-refractivity contribution in [1.29, 1.82) is 0 Å². The Bertz CT molecular complexity index is 1300. The van der Waals surface area contributed by atoms with Crippen LogP contribution < -0.4 is 19.6 Å². The molecule has 0 N–H and O–H groups in total. The first-order valence-corrected chi connectivity index (χ1v) is 12.5. The van der Waals surface area contributed by atoms with E-state index in [-0.39, 0.29) is 17.1 Å². The fourth-order valence-electron chi connectivity index (χ4n) is 4.68. The van der Waals surface area contributed by atoms with Crippen LogP contribution in [0.3, 0.4) is 0 Å². The van der Waals surface area contributed by atoms with Gasteiger partial charge in [-0.3, -0.25) is 9.59 Å². The lowest BCUT2D eigenvalue weighted by Gasteiger charge is -2.28. The zero-order chi connectivity index (χ0) is 25.8. The fourth-order valence-corrected chi connectivity index (χ4v) is 4.68. The van der Waals surface area contributed by atoms with E-state index in [4.69, 9.17) is 18.6 Å². The van der Waals surface area contributed by atoms with Gasteiger partial charge in [0.15, 0.2) is 16.9 Å². The minimum absolute atomic E-state index is 0.0792. The van der Waals surface area contributed by atoms with Crippen LogP contribution in [0, 0.1) is 0 Å². The average molecular weight is 495 g/mol. The molecule has 1 unspecified atom stereocenters. The Labute approximate surface area is 211 Å². The highest BCUT2D eigenvalue weighted by atomic mass is 16.5. The Kier molecular flexibility index (Phi) is 7.84. The number of amides is 1. The van der Waals surface area contributed by atoms with Crippen molar-refractivity contribution in [2.24, 2.45) is 0 Å². The van der Waals surface area contributed by atoms with E-state index in [1.807, 2.05) is 25.1 Å². The van der Waals surface area contributed by atoms with Crippen molar-refractivity contribution in [1.82, 2.24) is 9.80 Å². The van der Waals surface area contributed by atoms with Gasteiger partial charge < -0.3 is 28.4 Å². The van der Waals surface area contributed by atoms with Gasteiger partial charge in [0.25, 0.3) is 5.91 Å². The van der Waals surface area contributed by atoms with Gasteiger partial charge in [-0.25, -0.2) is 0 Å². The lowest BCUT2D eigenvalue weighted by Crippen LogP contribution is -2.37. The molecule has 2 aromatic carbocycles. The molecular formula is C28H34N2O6. The second-order valence-electron chi connectivity index (χ2n) is 8.72. The van der Waals surface area contributed by atoms with Crippen molar-refractivity contribution in [2.75, 3.05) is 47.0 Å². The number of nitrogens with zero attached hydrogens (tertiary/aromatic N) is 2. The third kappa shape index (κ3) is 4.65. The molecule has 0 spiro atoms. The Hall–Kier alpha value is -3.52. The van der Waals surface area contributed by atoms with E-state index in [9.17, 15) is 9.59 Å². The van der Waals surface area contributed by atoms with Gasteiger partial charge in [-0.15, -0.1) is 0 Å². The molecule has 0 aliphatic carbocycles. The zero-order valence-corrected chi connectivity index (χ0v) is 21.6. The molecule has 0 saturated carbocycles. The molecule has 0 radical (unpaired) electrons. The zero-order valence-electron chi connectivity index (χ0n) is 21.6. The normalized spacial score (nSPS) is 15.0. The highest BCUT2D eigenvalue weighted by Gasteiger charge is 2.43. The third-order valence-corrected chi connectivity index (χ3v) is 6.69. The van der Waals surface area contributed by atoms with Gasteiger partial charge in [0.1, 0.15) is 11.3 Å². The first-order valence-electron chi connectivity index (χ1n) is 12.5. The van der Waals surface area contributed by atoms with Gasteiger partial charge in [0.05, 0.1) is 37.8 Å². The molecule has 1 amide bonds. The van der Waals surface area contributed by atoms with Crippen LogP contribution >= 0.6 is 0 Å². The second kappa shape index (κ2) is 11.0. The van der Waals surface area contributed by atoms with E-state index >= 15 is 0 Å². The van der Waals surface area contributed by atoms with Crippen molar-refractivity contribution < 1.29 is 23.4 Å². The summed E-state index contributed by atoms with van der Waals surface area (Å²) in [5.41, 5.74) is 1.23. The topological polar surface area (TPSA) is 81.5 Å². The van der Waals surface area contributed by atoms with Crippen LogP contribution in [0.5, 0.6) is 17.2 Å². The van der Waals surface area contributed by atoms with E-state index in [0.717, 1.165) is 25.1 Å². The maximum atomic E-state index is 13.8. The fraction of sp³-hybridized carbons (Fsp3) is 0.429. The van der Waals surface area contributed by atoms with Crippen molar-refractivity contribution >= 4 is 16.9 Å². The Morgan fingerprint density at radius 3 is 2.42 bits per heavy atom. The number of hydrogen-bond acceptors (Lipinski definition) is 7. The van der Waals surface area contributed by atoms with Gasteiger partial charge in [-0.1, -0.05) is 26.8 Å². The highest BCUT2D eigenvalue weighted by molar-refractivity contribution is 5.99. The number of carbonyl (C=O) groups excluding carboxylic acids is 1. The van der Waals surface area contributed by atoms with Crippen molar-refractivity contribution in [3.05, 3.63) is 63.5 Å². The molecule has 0 fully saturated rings. The second-order valence-corrected chi connectivity index (χ2v) is 8.72. The number of hydrogen-bond donors (Lipinski definition) is 0. The smallest absolute Gasteiger partial charge is 0.290 e. The quantitative estimate of drug-likeness (QED) is 0.389. The van der Waals surface area contributed by atoms with Crippen LogP contribution in [0.15, 0.2) is 45.6 Å². The molecule has 192 valence electrons. The molecule has 1 aromatic heterocycles. The molecule has 1 aliphatic heterocycles. The standard InChI is InChI=1S/C28H34N2O6/c1-6-15-35-21-12-9-18(16-23(21)34-5)25-24-26(31)20-11-10-19(33-4)17-22(20)36-27(24)28(32)30(25)14-13-29(7-2)8-3/h9-12,16-17,25H,6-8,13-15H2,1-5H3. The summed E-state index contributed by atoms with van der Waals surface area (Å²) in [4.78, 5) is 31.4. The van der Waals surface area contributed by atoms with Crippen molar-refractivity contribution in [3.8, 4) is 17.2 Å². The SMILES string of the molecule is CCCOc1ccc(C2c3c(oc4cc(OC)ccc4c3=O)C(=O)N2CCN(CC)CC)cc1OC. The molecule has 4 rings (SSSR count). The van der Waals surface area contributed by atoms with E-state index in [1.54, 1.807) is 37.3 Å². The van der Waals surface area contributed by atoms with Gasteiger partial charge in [0.2, 0.25) is 5.76 Å². The van der Waals surface area contributed by atoms with Gasteiger partial charge in [-0.2, -0.15) is 0 Å². The Morgan fingerprint density at radius 2 is 1.75 bits per heavy atom. The molecule has 8 heteroatoms. The third-order valence-electron chi connectivity index (χ3n) is 6.69. The van der Waals surface area contributed by atoms with Gasteiger partial charge in [-0.05, 0) is 49.3 Å². The Balaban J connectivity index is 1.86. The van der Waals surface area contributed by atoms with Crippen LogP contribution in [0.2, 0.25) is 0 Å². The molecule has 1 atom stereocenters. The summed E-state index contributed by atoms with van der Waals surface area (Å²) in [5, 5.41) is 0.410. The monoisotopic (exact) mass is 494 g/mol. The molecule has 0 bridgehead atoms. The number of likely N-dealkylation sites (N-methyl/N-ethyl adjacent to an activating group) is 1. The molecule has 0 saturated heterocycles. The number of benzene rings is 2. The predicted molar refractivity (Wildman–Crippen MR) is 138 cm³/mol. The van der Waals surface area contributed by atoms with E-state index in [1.165, 1.54) is 0 Å². The molecule has 36 heavy (non-hydrogen) atoms. The summed E-state index contributed by atoms with van der Waals surface area (Å²) in [6.45, 7) is 9.65. The number of methoxy groups -OCH3 is 2. The highest BCUT2D eigenvalue weighted by Crippen LogP contribution is 2.41. The van der Waals surface area contributed by atoms with Crippen LogP contribution in [0.1, 0.15) is 54.9 Å². The first-order chi connectivity index (χ1) is 17.5. The van der Waals surface area contributed by atoms with Crippen molar-refractivity contribution in [3.63, 3.8) is 0 Å². The minimum atomic E-state index is -0.597. The lowest BCUT2D eigenvalue weighted by molar-refractivity contribution is 0.0708. The maximum Gasteiger partial charge on any atom is 0.290 e. The molecule has 8 nitrogen and oxygen atoms in total. The van der Waals surface area contributed by atoms with Gasteiger partial charge >= 0.3 is 0 Å². The Morgan fingerprint density at radius 1 is 0.972 bits per heavy atom. The average Bonchev–Trinajstić information content (AvgIpc) is 3.19. The lowest BCUT2D eigenvalue weighted by atomic mass is 9.98. The predicted octanol–water partition coefficient (Wildman–Crippen LogP) is 4.49. The van der Waals surface area contributed by atoms with Crippen LogP contribution in [0.25, 0.3) is 11.0 Å². The largest absolute Gasteiger partial charge is 0.497 e. The molecular weight excluding hydrogens is 460 g/mol. The number of ether oxygens (including phenoxy) is 3. The van der Waals surface area contributed by atoms with E-state index in [2.05, 4.69) is 18.7 Å². The summed E-state index contributed by atoms with van der Waals surface area (Å²) < 4.78 is 22.8. The minimum Gasteiger partial charge on any atom is -0.497 e. The molecule has 1 aliphatic rings. The summed E-state index contributed by atoms with van der Waals surface area (Å²) >= 11 is 0. The van der Waals surface area contributed by atoms with E-state index in [0.29, 0.717) is 53.5 Å². The number of rotatable bonds is 11. The van der Waals surface area contributed by atoms with Crippen molar-refractivity contribution in [2.45, 2.75) is 33.2 Å². The number of fused-ring (bicyclic) bond motifs is 2. The number of carbonyl (C=O) groups is 1. The van der Waals surface area contributed by atoms with Crippen LogP contribution in [0.4, 0.5) is 0 Å². The molecule has 2 heterocycles. The summed E-state index contributed by atoms with van der Waals surface area (Å²) in [5.74, 6) is 1.52. The summed E-state index contributed by atoms with van der Waals surface area (Å²) in [7, 11) is 3.13. The van der Waals surface area contributed by atoms with E-state index < -0.39 is 6.04 Å². The van der Waals surface area contributed by atoms with Crippen LogP contribution in [-0.4, -0.2) is 62.7 Å². The van der Waals surface area contributed by atoms with Crippen LogP contribution in [-0.2, 0) is 0 Å².